The number of aromatic nitrogens is 1. The Morgan fingerprint density at radius 1 is 1.26 bits per heavy atom. The van der Waals surface area contributed by atoms with E-state index in [0.29, 0.717) is 6.04 Å². The number of piperidine rings is 1. The summed E-state index contributed by atoms with van der Waals surface area (Å²) in [6, 6.07) is 7.38. The summed E-state index contributed by atoms with van der Waals surface area (Å²) in [5.41, 5.74) is 1.95. The van der Waals surface area contributed by atoms with Gasteiger partial charge in [0.25, 0.3) is 0 Å². The van der Waals surface area contributed by atoms with Crippen LogP contribution in [0.3, 0.4) is 0 Å². The van der Waals surface area contributed by atoms with E-state index in [0.717, 1.165) is 42.5 Å². The highest BCUT2D eigenvalue weighted by molar-refractivity contribution is 5.91. The molecule has 100 valence electrons. The van der Waals surface area contributed by atoms with Gasteiger partial charge in [0.15, 0.2) is 0 Å². The molecule has 1 fully saturated rings. The Morgan fingerprint density at radius 2 is 2.05 bits per heavy atom. The first-order chi connectivity index (χ1) is 9.28. The van der Waals surface area contributed by atoms with Gasteiger partial charge in [0, 0.05) is 36.4 Å². The molecule has 19 heavy (non-hydrogen) atoms. The van der Waals surface area contributed by atoms with Crippen molar-refractivity contribution in [2.24, 2.45) is 0 Å². The van der Waals surface area contributed by atoms with Crippen LogP contribution in [0.4, 0.5) is 10.1 Å². The van der Waals surface area contributed by atoms with E-state index in [9.17, 15) is 4.39 Å². The van der Waals surface area contributed by atoms with E-state index in [1.54, 1.807) is 18.3 Å². The van der Waals surface area contributed by atoms with E-state index < -0.39 is 0 Å². The molecule has 3 rings (SSSR count). The van der Waals surface area contributed by atoms with Crippen molar-refractivity contribution in [2.45, 2.75) is 18.9 Å². The van der Waals surface area contributed by atoms with Crippen molar-refractivity contribution in [1.29, 1.82) is 0 Å². The summed E-state index contributed by atoms with van der Waals surface area (Å²) in [5.74, 6) is -0.202. The zero-order chi connectivity index (χ0) is 13.2. The normalized spacial score (nSPS) is 17.1. The van der Waals surface area contributed by atoms with Gasteiger partial charge in [-0.05, 0) is 44.2 Å². The standard InChI is InChI=1S/C15H18FN3/c1-17-12-5-8-19(9-6-12)15-4-7-18-14-3-2-11(16)10-13(14)15/h2-4,7,10,12,17H,5-6,8-9H2,1H3. The van der Waals surface area contributed by atoms with Crippen molar-refractivity contribution < 1.29 is 4.39 Å². The van der Waals surface area contributed by atoms with Gasteiger partial charge in [0.2, 0.25) is 0 Å². The molecule has 0 unspecified atom stereocenters. The molecule has 3 nitrogen and oxygen atoms in total. The molecule has 1 aromatic carbocycles. The Kier molecular flexibility index (Phi) is 3.34. The lowest BCUT2D eigenvalue weighted by Crippen LogP contribution is -2.41. The summed E-state index contributed by atoms with van der Waals surface area (Å²) in [6.07, 6.45) is 4.05. The van der Waals surface area contributed by atoms with Crippen LogP contribution in [-0.4, -0.2) is 31.2 Å². The van der Waals surface area contributed by atoms with Gasteiger partial charge in [-0.25, -0.2) is 4.39 Å². The lowest BCUT2D eigenvalue weighted by molar-refractivity contribution is 0.443. The average Bonchev–Trinajstić information content (AvgIpc) is 2.47. The first-order valence-electron chi connectivity index (χ1n) is 6.74. The maximum Gasteiger partial charge on any atom is 0.124 e. The molecule has 0 spiro atoms. The molecular weight excluding hydrogens is 241 g/mol. The van der Waals surface area contributed by atoms with Crippen LogP contribution in [0.2, 0.25) is 0 Å². The number of benzene rings is 1. The first kappa shape index (κ1) is 12.4. The lowest BCUT2D eigenvalue weighted by atomic mass is 10.0. The zero-order valence-corrected chi connectivity index (χ0v) is 11.1. The Bertz CT molecular complexity index is 577. The average molecular weight is 259 g/mol. The number of rotatable bonds is 2. The smallest absolute Gasteiger partial charge is 0.124 e. The van der Waals surface area contributed by atoms with Crippen LogP contribution >= 0.6 is 0 Å². The Balaban J connectivity index is 1.94. The van der Waals surface area contributed by atoms with Gasteiger partial charge in [-0.1, -0.05) is 0 Å². The molecule has 1 aromatic heterocycles. The third-order valence-corrected chi connectivity index (χ3v) is 3.92. The monoisotopic (exact) mass is 259 g/mol. The van der Waals surface area contributed by atoms with Crippen molar-refractivity contribution in [3.05, 3.63) is 36.3 Å². The fourth-order valence-corrected chi connectivity index (χ4v) is 2.79. The highest BCUT2D eigenvalue weighted by atomic mass is 19.1. The lowest BCUT2D eigenvalue weighted by Gasteiger charge is -2.34. The highest BCUT2D eigenvalue weighted by Crippen LogP contribution is 2.28. The van der Waals surface area contributed by atoms with Gasteiger partial charge in [-0.3, -0.25) is 4.98 Å². The molecule has 0 radical (unpaired) electrons. The van der Waals surface area contributed by atoms with Crippen LogP contribution in [-0.2, 0) is 0 Å². The molecule has 0 atom stereocenters. The number of hydrogen-bond donors (Lipinski definition) is 1. The van der Waals surface area contributed by atoms with E-state index in [-0.39, 0.29) is 5.82 Å². The van der Waals surface area contributed by atoms with Crippen LogP contribution in [0.25, 0.3) is 10.9 Å². The summed E-state index contributed by atoms with van der Waals surface area (Å²) in [7, 11) is 2.01. The van der Waals surface area contributed by atoms with Gasteiger partial charge >= 0.3 is 0 Å². The topological polar surface area (TPSA) is 28.2 Å². The molecule has 0 amide bonds. The largest absolute Gasteiger partial charge is 0.371 e. The van der Waals surface area contributed by atoms with Crippen molar-refractivity contribution in [3.8, 4) is 0 Å². The van der Waals surface area contributed by atoms with Crippen LogP contribution in [0, 0.1) is 5.82 Å². The summed E-state index contributed by atoms with van der Waals surface area (Å²) < 4.78 is 13.4. The number of nitrogens with zero attached hydrogens (tertiary/aromatic N) is 2. The molecule has 0 aliphatic carbocycles. The molecule has 1 saturated heterocycles. The van der Waals surface area contributed by atoms with E-state index in [2.05, 4.69) is 15.2 Å². The fraction of sp³-hybridized carbons (Fsp3) is 0.400. The number of fused-ring (bicyclic) bond motifs is 1. The molecule has 0 saturated carbocycles. The van der Waals surface area contributed by atoms with Gasteiger partial charge in [0.1, 0.15) is 5.82 Å². The SMILES string of the molecule is CNC1CCN(c2ccnc3ccc(F)cc23)CC1. The maximum atomic E-state index is 13.4. The summed E-state index contributed by atoms with van der Waals surface area (Å²) in [5, 5.41) is 4.23. The van der Waals surface area contributed by atoms with E-state index in [1.807, 2.05) is 13.1 Å². The van der Waals surface area contributed by atoms with Gasteiger partial charge in [-0.2, -0.15) is 0 Å². The van der Waals surface area contributed by atoms with Crippen LogP contribution in [0.1, 0.15) is 12.8 Å². The van der Waals surface area contributed by atoms with Crippen LogP contribution in [0.15, 0.2) is 30.5 Å². The van der Waals surface area contributed by atoms with Crippen molar-refractivity contribution in [3.63, 3.8) is 0 Å². The third-order valence-electron chi connectivity index (χ3n) is 3.92. The Hall–Kier alpha value is -1.68. The van der Waals surface area contributed by atoms with Crippen molar-refractivity contribution in [2.75, 3.05) is 25.0 Å². The van der Waals surface area contributed by atoms with Crippen LogP contribution < -0.4 is 10.2 Å². The van der Waals surface area contributed by atoms with Gasteiger partial charge in [0.05, 0.1) is 5.52 Å². The molecule has 4 heteroatoms. The zero-order valence-electron chi connectivity index (χ0n) is 11.1. The second-order valence-electron chi connectivity index (χ2n) is 5.04. The Morgan fingerprint density at radius 3 is 2.79 bits per heavy atom. The highest BCUT2D eigenvalue weighted by Gasteiger charge is 2.19. The summed E-state index contributed by atoms with van der Waals surface area (Å²) >= 11 is 0. The van der Waals surface area contributed by atoms with Gasteiger partial charge < -0.3 is 10.2 Å². The number of halogens is 1. The maximum absolute atomic E-state index is 13.4. The van der Waals surface area contributed by atoms with Gasteiger partial charge in [-0.15, -0.1) is 0 Å². The van der Waals surface area contributed by atoms with Crippen LogP contribution in [0.5, 0.6) is 0 Å². The minimum atomic E-state index is -0.202. The van der Waals surface area contributed by atoms with E-state index >= 15 is 0 Å². The fourth-order valence-electron chi connectivity index (χ4n) is 2.79. The quantitative estimate of drug-likeness (QED) is 0.898. The minimum absolute atomic E-state index is 0.202. The minimum Gasteiger partial charge on any atom is -0.371 e. The Labute approximate surface area is 112 Å². The molecule has 2 aromatic rings. The predicted molar refractivity (Wildman–Crippen MR) is 76.0 cm³/mol. The number of anilines is 1. The second kappa shape index (κ2) is 5.13. The third kappa shape index (κ3) is 2.40. The van der Waals surface area contributed by atoms with Crippen molar-refractivity contribution in [1.82, 2.24) is 10.3 Å². The summed E-state index contributed by atoms with van der Waals surface area (Å²) in [4.78, 5) is 6.63. The molecular formula is C15H18FN3. The summed E-state index contributed by atoms with van der Waals surface area (Å²) in [6.45, 7) is 2.00. The molecule has 0 bridgehead atoms. The second-order valence-corrected chi connectivity index (χ2v) is 5.04. The number of hydrogen-bond acceptors (Lipinski definition) is 3. The first-order valence-corrected chi connectivity index (χ1v) is 6.74. The molecule has 1 aliphatic heterocycles. The predicted octanol–water partition coefficient (Wildman–Crippen LogP) is 2.56. The molecule has 1 N–H and O–H groups in total. The van der Waals surface area contributed by atoms with E-state index in [4.69, 9.17) is 0 Å². The van der Waals surface area contributed by atoms with Crippen molar-refractivity contribution >= 4 is 16.6 Å². The molecule has 1 aliphatic rings. The number of nitrogens with one attached hydrogen (secondary N) is 1. The number of pyridine rings is 1. The molecule has 2 heterocycles. The van der Waals surface area contributed by atoms with E-state index in [1.165, 1.54) is 6.07 Å².